The van der Waals surface area contributed by atoms with E-state index >= 15 is 0 Å². The third-order valence-electron chi connectivity index (χ3n) is 4.18. The summed E-state index contributed by atoms with van der Waals surface area (Å²) in [6, 6.07) is 17.0. The van der Waals surface area contributed by atoms with Crippen LogP contribution in [0.25, 0.3) is 38.4 Å². The van der Waals surface area contributed by atoms with Crippen molar-refractivity contribution in [3.05, 3.63) is 59.6 Å². The molecule has 5 aromatic rings. The standard InChI is InChI=1S/C19H12ClN5O2S/c1-26-15-8-7-12(20)9-13(15)17-21-22-19-25(17)23-18(28-19)14-10-16(27-24-14)11-5-3-2-4-6-11/h2-10H,1H3. The van der Waals surface area contributed by atoms with E-state index in [1.54, 1.807) is 29.8 Å². The number of fused-ring (bicyclic) bond motifs is 1. The summed E-state index contributed by atoms with van der Waals surface area (Å²) in [4.78, 5) is 0.635. The summed E-state index contributed by atoms with van der Waals surface area (Å²) < 4.78 is 12.6. The first-order chi connectivity index (χ1) is 13.7. The summed E-state index contributed by atoms with van der Waals surface area (Å²) in [5, 5.41) is 18.5. The number of ether oxygens (including phenoxy) is 1. The van der Waals surface area contributed by atoms with Crippen LogP contribution in [-0.2, 0) is 0 Å². The van der Waals surface area contributed by atoms with Gasteiger partial charge < -0.3 is 9.26 Å². The second-order valence-corrected chi connectivity index (χ2v) is 7.30. The average Bonchev–Trinajstić information content (AvgIpc) is 3.44. The third-order valence-corrected chi connectivity index (χ3v) is 5.34. The lowest BCUT2D eigenvalue weighted by Gasteiger charge is -2.06. The molecule has 0 atom stereocenters. The highest BCUT2D eigenvalue weighted by Gasteiger charge is 2.19. The highest BCUT2D eigenvalue weighted by atomic mass is 35.5. The maximum Gasteiger partial charge on any atom is 0.235 e. The summed E-state index contributed by atoms with van der Waals surface area (Å²) in [6.45, 7) is 0. The number of methoxy groups -OCH3 is 1. The number of benzene rings is 2. The number of hydrogen-bond donors (Lipinski definition) is 0. The van der Waals surface area contributed by atoms with E-state index in [0.29, 0.717) is 43.6 Å². The Morgan fingerprint density at radius 1 is 1.07 bits per heavy atom. The zero-order valence-electron chi connectivity index (χ0n) is 14.5. The summed E-state index contributed by atoms with van der Waals surface area (Å²) in [5.41, 5.74) is 2.30. The van der Waals surface area contributed by atoms with Crippen molar-refractivity contribution in [3.63, 3.8) is 0 Å². The third kappa shape index (κ3) is 2.83. The monoisotopic (exact) mass is 409 g/mol. The van der Waals surface area contributed by atoms with Crippen molar-refractivity contribution in [1.82, 2.24) is 25.0 Å². The van der Waals surface area contributed by atoms with Crippen LogP contribution in [0.1, 0.15) is 0 Å². The second-order valence-electron chi connectivity index (χ2n) is 5.91. The predicted octanol–water partition coefficient (Wildman–Crippen LogP) is 4.84. The molecule has 0 spiro atoms. The van der Waals surface area contributed by atoms with Gasteiger partial charge in [-0.3, -0.25) is 0 Å². The largest absolute Gasteiger partial charge is 0.496 e. The van der Waals surface area contributed by atoms with Crippen LogP contribution in [0.5, 0.6) is 5.75 Å². The van der Waals surface area contributed by atoms with E-state index in [9.17, 15) is 0 Å². The van der Waals surface area contributed by atoms with E-state index in [2.05, 4.69) is 20.5 Å². The molecular weight excluding hydrogens is 398 g/mol. The Morgan fingerprint density at radius 2 is 1.93 bits per heavy atom. The highest BCUT2D eigenvalue weighted by molar-refractivity contribution is 7.19. The number of aromatic nitrogens is 5. The van der Waals surface area contributed by atoms with Crippen molar-refractivity contribution in [3.8, 4) is 39.2 Å². The molecular formula is C19H12ClN5O2S. The quantitative estimate of drug-likeness (QED) is 0.422. The predicted molar refractivity (Wildman–Crippen MR) is 107 cm³/mol. The molecule has 5 rings (SSSR count). The van der Waals surface area contributed by atoms with Crippen molar-refractivity contribution in [2.45, 2.75) is 0 Å². The van der Waals surface area contributed by atoms with Gasteiger partial charge in [0.2, 0.25) is 4.96 Å². The lowest BCUT2D eigenvalue weighted by atomic mass is 10.2. The van der Waals surface area contributed by atoms with Crippen LogP contribution in [0.2, 0.25) is 5.02 Å². The first-order valence-electron chi connectivity index (χ1n) is 8.31. The minimum atomic E-state index is 0.545. The van der Waals surface area contributed by atoms with E-state index in [1.807, 2.05) is 36.4 Å². The van der Waals surface area contributed by atoms with Crippen LogP contribution < -0.4 is 4.74 Å². The minimum absolute atomic E-state index is 0.545. The van der Waals surface area contributed by atoms with E-state index < -0.39 is 0 Å². The number of rotatable bonds is 4. The van der Waals surface area contributed by atoms with Crippen molar-refractivity contribution in [1.29, 1.82) is 0 Å². The zero-order valence-corrected chi connectivity index (χ0v) is 16.1. The molecule has 0 bridgehead atoms. The fraction of sp³-hybridized carbons (Fsp3) is 0.0526. The lowest BCUT2D eigenvalue weighted by molar-refractivity contribution is 0.416. The van der Waals surface area contributed by atoms with Crippen LogP contribution in [0.4, 0.5) is 0 Å². The smallest absolute Gasteiger partial charge is 0.235 e. The number of halogens is 1. The zero-order chi connectivity index (χ0) is 19.1. The summed E-state index contributed by atoms with van der Waals surface area (Å²) in [7, 11) is 1.60. The topological polar surface area (TPSA) is 78.3 Å². The van der Waals surface area contributed by atoms with Crippen molar-refractivity contribution in [2.75, 3.05) is 7.11 Å². The SMILES string of the molecule is COc1ccc(Cl)cc1-c1nnc2sc(-c3cc(-c4ccccc4)on3)nn12. The Balaban J connectivity index is 1.58. The van der Waals surface area contributed by atoms with Crippen molar-refractivity contribution >= 4 is 27.9 Å². The Labute approximate surface area is 168 Å². The van der Waals surface area contributed by atoms with Crippen LogP contribution in [0, 0.1) is 0 Å². The van der Waals surface area contributed by atoms with E-state index in [-0.39, 0.29) is 0 Å². The Morgan fingerprint density at radius 3 is 2.75 bits per heavy atom. The Bertz CT molecular complexity index is 1280. The van der Waals surface area contributed by atoms with E-state index in [4.69, 9.17) is 20.9 Å². The normalized spacial score (nSPS) is 11.2. The van der Waals surface area contributed by atoms with Crippen LogP contribution >= 0.6 is 22.9 Å². The molecule has 0 saturated carbocycles. The summed E-state index contributed by atoms with van der Waals surface area (Å²) >= 11 is 7.52. The molecule has 0 unspecified atom stereocenters. The highest BCUT2D eigenvalue weighted by Crippen LogP contribution is 2.34. The molecule has 0 aliphatic carbocycles. The first kappa shape index (κ1) is 16.9. The van der Waals surface area contributed by atoms with Gasteiger partial charge in [0.05, 0.1) is 12.7 Å². The molecule has 9 heteroatoms. The summed E-state index contributed by atoms with van der Waals surface area (Å²) in [5.74, 6) is 1.86. The average molecular weight is 410 g/mol. The van der Waals surface area contributed by atoms with Gasteiger partial charge in [0.1, 0.15) is 11.4 Å². The van der Waals surface area contributed by atoms with Gasteiger partial charge in [0.25, 0.3) is 0 Å². The molecule has 0 fully saturated rings. The lowest BCUT2D eigenvalue weighted by Crippen LogP contribution is -1.94. The molecule has 0 saturated heterocycles. The van der Waals surface area contributed by atoms with Gasteiger partial charge in [0.15, 0.2) is 16.6 Å². The molecule has 0 aliphatic rings. The number of hydrogen-bond acceptors (Lipinski definition) is 7. The van der Waals surface area contributed by atoms with Crippen LogP contribution in [0.3, 0.4) is 0 Å². The van der Waals surface area contributed by atoms with Crippen LogP contribution in [0.15, 0.2) is 59.1 Å². The maximum atomic E-state index is 6.15. The van der Waals surface area contributed by atoms with Crippen LogP contribution in [-0.4, -0.2) is 32.1 Å². The van der Waals surface area contributed by atoms with E-state index in [1.165, 1.54) is 11.3 Å². The van der Waals surface area contributed by atoms with Gasteiger partial charge in [-0.1, -0.05) is 58.4 Å². The molecule has 138 valence electrons. The summed E-state index contributed by atoms with van der Waals surface area (Å²) in [6.07, 6.45) is 0. The van der Waals surface area contributed by atoms with Crippen molar-refractivity contribution in [2.24, 2.45) is 0 Å². The molecule has 0 aliphatic heterocycles. The van der Waals surface area contributed by atoms with Gasteiger partial charge in [0, 0.05) is 16.7 Å². The first-order valence-corrected chi connectivity index (χ1v) is 9.51. The molecule has 28 heavy (non-hydrogen) atoms. The molecule has 3 heterocycles. The van der Waals surface area contributed by atoms with Crippen molar-refractivity contribution < 1.29 is 9.26 Å². The Kier molecular flexibility index (Phi) is 4.07. The molecule has 0 N–H and O–H groups in total. The number of nitrogens with zero attached hydrogens (tertiary/aromatic N) is 5. The van der Waals surface area contributed by atoms with Gasteiger partial charge in [-0.05, 0) is 18.2 Å². The molecule has 0 radical (unpaired) electrons. The van der Waals surface area contributed by atoms with Gasteiger partial charge in [-0.2, -0.15) is 9.61 Å². The second kappa shape index (κ2) is 6.74. The maximum absolute atomic E-state index is 6.15. The van der Waals surface area contributed by atoms with Gasteiger partial charge in [-0.15, -0.1) is 10.2 Å². The molecule has 0 amide bonds. The van der Waals surface area contributed by atoms with Gasteiger partial charge in [-0.25, -0.2) is 0 Å². The van der Waals surface area contributed by atoms with Gasteiger partial charge >= 0.3 is 0 Å². The minimum Gasteiger partial charge on any atom is -0.496 e. The molecule has 3 aromatic heterocycles. The fourth-order valence-electron chi connectivity index (χ4n) is 2.86. The molecule has 2 aromatic carbocycles. The van der Waals surface area contributed by atoms with E-state index in [0.717, 1.165) is 5.56 Å². The molecule has 7 nitrogen and oxygen atoms in total. The Hall–Kier alpha value is -3.23. The fourth-order valence-corrected chi connectivity index (χ4v) is 3.82.